The molecule has 1 unspecified atom stereocenters. The number of ketones is 1. The van der Waals surface area contributed by atoms with Crippen LogP contribution in [0.5, 0.6) is 0 Å². The number of nitrogens with zero attached hydrogens (tertiary/aromatic N) is 1. The SMILES string of the molecule is O=C1C(=O)N(c2cccc(Br)c2)C(c2ccc(Cl)cc2)/C1=C(\O)c1ccccc1. The highest BCUT2D eigenvalue weighted by Gasteiger charge is 2.46. The highest BCUT2D eigenvalue weighted by atomic mass is 79.9. The smallest absolute Gasteiger partial charge is 0.300 e. The number of Topliss-reactive ketones (excluding diaryl/α,β-unsaturated/α-hetero) is 1. The van der Waals surface area contributed by atoms with Crippen LogP contribution in [0.25, 0.3) is 5.76 Å². The fourth-order valence-electron chi connectivity index (χ4n) is 3.44. The molecule has 1 aliphatic rings. The number of carbonyl (C=O) groups is 2. The van der Waals surface area contributed by atoms with E-state index in [-0.39, 0.29) is 11.3 Å². The van der Waals surface area contributed by atoms with Crippen molar-refractivity contribution in [3.63, 3.8) is 0 Å². The second kappa shape index (κ2) is 7.85. The van der Waals surface area contributed by atoms with E-state index < -0.39 is 17.7 Å². The van der Waals surface area contributed by atoms with E-state index in [1.165, 1.54) is 4.90 Å². The molecule has 1 N–H and O–H groups in total. The van der Waals surface area contributed by atoms with E-state index in [0.29, 0.717) is 21.8 Å². The molecule has 1 aliphatic heterocycles. The lowest BCUT2D eigenvalue weighted by Gasteiger charge is -2.25. The molecule has 3 aromatic rings. The van der Waals surface area contributed by atoms with Crippen LogP contribution >= 0.6 is 27.5 Å². The maximum absolute atomic E-state index is 13.0. The van der Waals surface area contributed by atoms with Gasteiger partial charge in [-0.25, -0.2) is 0 Å². The van der Waals surface area contributed by atoms with Crippen LogP contribution in [0.1, 0.15) is 17.2 Å². The highest BCUT2D eigenvalue weighted by molar-refractivity contribution is 9.10. The number of rotatable bonds is 3. The second-order valence-corrected chi connectivity index (χ2v) is 7.92. The maximum Gasteiger partial charge on any atom is 0.300 e. The van der Waals surface area contributed by atoms with Crippen molar-refractivity contribution in [1.82, 2.24) is 0 Å². The molecule has 0 radical (unpaired) electrons. The van der Waals surface area contributed by atoms with Crippen molar-refractivity contribution in [1.29, 1.82) is 0 Å². The summed E-state index contributed by atoms with van der Waals surface area (Å²) in [5.74, 6) is -1.63. The zero-order chi connectivity index (χ0) is 20.5. The van der Waals surface area contributed by atoms with Crippen molar-refractivity contribution in [2.24, 2.45) is 0 Å². The molecule has 0 aromatic heterocycles. The summed E-state index contributed by atoms with van der Waals surface area (Å²) < 4.78 is 0.773. The molecule has 6 heteroatoms. The van der Waals surface area contributed by atoms with Crippen LogP contribution in [0.15, 0.2) is 88.9 Å². The Bertz CT molecular complexity index is 1130. The van der Waals surface area contributed by atoms with Crippen LogP contribution in [0.4, 0.5) is 5.69 Å². The first kappa shape index (κ1) is 19.4. The van der Waals surface area contributed by atoms with Gasteiger partial charge in [0, 0.05) is 20.7 Å². The summed E-state index contributed by atoms with van der Waals surface area (Å²) in [7, 11) is 0. The fraction of sp³-hybridized carbons (Fsp3) is 0.0435. The van der Waals surface area contributed by atoms with Gasteiger partial charge in [-0.15, -0.1) is 0 Å². The molecule has 1 amide bonds. The maximum atomic E-state index is 13.0. The van der Waals surface area contributed by atoms with Gasteiger partial charge in [0.2, 0.25) is 0 Å². The van der Waals surface area contributed by atoms with Gasteiger partial charge in [0.25, 0.3) is 11.7 Å². The summed E-state index contributed by atoms with van der Waals surface area (Å²) >= 11 is 9.44. The first-order valence-electron chi connectivity index (χ1n) is 8.85. The van der Waals surface area contributed by atoms with Crippen LogP contribution in [0.3, 0.4) is 0 Å². The summed E-state index contributed by atoms with van der Waals surface area (Å²) in [6.45, 7) is 0. The Morgan fingerprint density at radius 1 is 0.931 bits per heavy atom. The standard InChI is InChI=1S/C23H15BrClNO3/c24-16-7-4-8-18(13-16)26-20(14-9-11-17(25)12-10-14)19(22(28)23(26)29)21(27)15-5-2-1-3-6-15/h1-13,20,27H/b21-19+. The Labute approximate surface area is 181 Å². The zero-order valence-corrected chi connectivity index (χ0v) is 17.4. The third-order valence-corrected chi connectivity index (χ3v) is 5.51. The van der Waals surface area contributed by atoms with E-state index in [9.17, 15) is 14.7 Å². The molecule has 29 heavy (non-hydrogen) atoms. The number of aliphatic hydroxyl groups is 1. The van der Waals surface area contributed by atoms with Gasteiger partial charge in [0.1, 0.15) is 5.76 Å². The Hall–Kier alpha value is -2.89. The quantitative estimate of drug-likeness (QED) is 0.303. The molecule has 3 aromatic carbocycles. The van der Waals surface area contributed by atoms with Crippen molar-refractivity contribution in [2.45, 2.75) is 6.04 Å². The summed E-state index contributed by atoms with van der Waals surface area (Å²) in [6.07, 6.45) is 0. The van der Waals surface area contributed by atoms with Gasteiger partial charge in [0.05, 0.1) is 11.6 Å². The zero-order valence-electron chi connectivity index (χ0n) is 15.0. The minimum atomic E-state index is -0.776. The number of hydrogen-bond acceptors (Lipinski definition) is 3. The van der Waals surface area contributed by atoms with Gasteiger partial charge in [-0.05, 0) is 35.9 Å². The minimum absolute atomic E-state index is 0.0449. The van der Waals surface area contributed by atoms with Crippen molar-refractivity contribution >= 4 is 50.7 Å². The van der Waals surface area contributed by atoms with Gasteiger partial charge < -0.3 is 5.11 Å². The molecule has 4 nitrogen and oxygen atoms in total. The number of benzene rings is 3. The summed E-state index contributed by atoms with van der Waals surface area (Å²) in [4.78, 5) is 27.4. The lowest BCUT2D eigenvalue weighted by Crippen LogP contribution is -2.29. The van der Waals surface area contributed by atoms with Gasteiger partial charge >= 0.3 is 0 Å². The normalized spacial score (nSPS) is 18.3. The van der Waals surface area contributed by atoms with Gasteiger partial charge in [-0.1, -0.05) is 76.1 Å². The molecule has 0 bridgehead atoms. The van der Waals surface area contributed by atoms with Gasteiger partial charge in [-0.3, -0.25) is 14.5 Å². The number of amides is 1. The van der Waals surface area contributed by atoms with E-state index >= 15 is 0 Å². The van der Waals surface area contributed by atoms with E-state index in [1.807, 2.05) is 12.1 Å². The Balaban J connectivity index is 1.96. The molecule has 1 fully saturated rings. The van der Waals surface area contributed by atoms with Crippen LogP contribution in [-0.2, 0) is 9.59 Å². The monoisotopic (exact) mass is 467 g/mol. The van der Waals surface area contributed by atoms with Gasteiger partial charge in [-0.2, -0.15) is 0 Å². The molecule has 0 saturated carbocycles. The summed E-state index contributed by atoms with van der Waals surface area (Å²) in [5, 5.41) is 11.5. The molecule has 1 saturated heterocycles. The Morgan fingerprint density at radius 2 is 1.62 bits per heavy atom. The largest absolute Gasteiger partial charge is 0.507 e. The number of carbonyl (C=O) groups excluding carboxylic acids is 2. The number of halogens is 2. The second-order valence-electron chi connectivity index (χ2n) is 6.57. The van der Waals surface area contributed by atoms with Crippen LogP contribution in [0.2, 0.25) is 5.02 Å². The molecule has 0 spiro atoms. The van der Waals surface area contributed by atoms with E-state index in [1.54, 1.807) is 66.7 Å². The third kappa shape index (κ3) is 3.59. The van der Waals surface area contributed by atoms with Crippen molar-refractivity contribution in [2.75, 3.05) is 4.90 Å². The molecule has 1 heterocycles. The molecule has 1 atom stereocenters. The van der Waals surface area contributed by atoms with Crippen molar-refractivity contribution in [3.8, 4) is 0 Å². The lowest BCUT2D eigenvalue weighted by atomic mass is 9.95. The molecule has 4 rings (SSSR count). The summed E-state index contributed by atoms with van der Waals surface area (Å²) in [6, 6.07) is 22.0. The minimum Gasteiger partial charge on any atom is -0.507 e. The van der Waals surface area contributed by atoms with Crippen molar-refractivity contribution < 1.29 is 14.7 Å². The topological polar surface area (TPSA) is 57.6 Å². The first-order valence-corrected chi connectivity index (χ1v) is 10.0. The van der Waals surface area contributed by atoms with E-state index in [0.717, 1.165) is 4.47 Å². The highest BCUT2D eigenvalue weighted by Crippen LogP contribution is 2.42. The molecular formula is C23H15BrClNO3. The predicted octanol–water partition coefficient (Wildman–Crippen LogP) is 5.73. The number of hydrogen-bond donors (Lipinski definition) is 1. The molecule has 144 valence electrons. The molecular weight excluding hydrogens is 454 g/mol. The third-order valence-electron chi connectivity index (χ3n) is 4.76. The number of anilines is 1. The van der Waals surface area contributed by atoms with Crippen LogP contribution in [0, 0.1) is 0 Å². The van der Waals surface area contributed by atoms with Gasteiger partial charge in [0.15, 0.2) is 0 Å². The Kier molecular flexibility index (Phi) is 5.26. The fourth-order valence-corrected chi connectivity index (χ4v) is 3.95. The van der Waals surface area contributed by atoms with Crippen molar-refractivity contribution in [3.05, 3.63) is 105 Å². The summed E-state index contributed by atoms with van der Waals surface area (Å²) in [5.41, 5.74) is 1.74. The number of aliphatic hydroxyl groups excluding tert-OH is 1. The van der Waals surface area contributed by atoms with Crippen LogP contribution in [-0.4, -0.2) is 16.8 Å². The Morgan fingerprint density at radius 3 is 2.28 bits per heavy atom. The van der Waals surface area contributed by atoms with E-state index in [4.69, 9.17) is 11.6 Å². The average Bonchev–Trinajstić information content (AvgIpc) is 2.99. The lowest BCUT2D eigenvalue weighted by molar-refractivity contribution is -0.132. The first-order chi connectivity index (χ1) is 14.0. The average molecular weight is 469 g/mol. The molecule has 0 aliphatic carbocycles. The predicted molar refractivity (Wildman–Crippen MR) is 117 cm³/mol. The van der Waals surface area contributed by atoms with Crippen LogP contribution < -0.4 is 4.90 Å². The van der Waals surface area contributed by atoms with E-state index in [2.05, 4.69) is 15.9 Å².